The molecule has 10 heteroatoms. The number of carbonyl (C=O) groups excluding carboxylic acids is 2. The normalized spacial score (nSPS) is 17.4. The Labute approximate surface area is 210 Å². The first-order chi connectivity index (χ1) is 16.3. The number of hydrogen-bond acceptors (Lipinski definition) is 7. The molecule has 1 aliphatic heterocycles. The van der Waals surface area contributed by atoms with Crippen LogP contribution in [0.3, 0.4) is 0 Å². The lowest BCUT2D eigenvalue weighted by atomic mass is 9.95. The van der Waals surface area contributed by atoms with Crippen molar-refractivity contribution in [2.24, 2.45) is 0 Å². The van der Waals surface area contributed by atoms with Gasteiger partial charge in [-0.25, -0.2) is 0 Å². The third-order valence-electron chi connectivity index (χ3n) is 5.32. The van der Waals surface area contributed by atoms with Gasteiger partial charge >= 0.3 is 5.91 Å². The van der Waals surface area contributed by atoms with Gasteiger partial charge in [-0.2, -0.15) is 0 Å². The van der Waals surface area contributed by atoms with E-state index in [1.54, 1.807) is 49.4 Å². The fourth-order valence-corrected chi connectivity index (χ4v) is 4.63. The average molecular weight is 518 g/mol. The topological polar surface area (TPSA) is 92.6 Å². The van der Waals surface area contributed by atoms with Crippen LogP contribution in [0.1, 0.15) is 41.9 Å². The zero-order valence-corrected chi connectivity index (χ0v) is 20.7. The number of rotatable bonds is 7. The highest BCUT2D eigenvalue weighted by Crippen LogP contribution is 2.44. The van der Waals surface area contributed by atoms with E-state index in [1.165, 1.54) is 16.2 Å². The highest BCUT2D eigenvalue weighted by atomic mass is 35.5. The minimum absolute atomic E-state index is 0.0732. The van der Waals surface area contributed by atoms with Crippen molar-refractivity contribution in [3.8, 4) is 5.75 Å². The summed E-state index contributed by atoms with van der Waals surface area (Å²) < 4.78 is 5.67. The molecule has 1 amide bonds. The predicted molar refractivity (Wildman–Crippen MR) is 133 cm³/mol. The zero-order chi connectivity index (χ0) is 24.4. The van der Waals surface area contributed by atoms with Crippen LogP contribution >= 0.6 is 34.5 Å². The molecule has 1 aromatic heterocycles. The number of amides is 1. The van der Waals surface area contributed by atoms with Gasteiger partial charge in [0.05, 0.1) is 28.3 Å². The lowest BCUT2D eigenvalue weighted by Gasteiger charge is -2.23. The molecule has 1 N–H and O–H groups in total. The van der Waals surface area contributed by atoms with Gasteiger partial charge in [-0.1, -0.05) is 53.9 Å². The number of ether oxygens (including phenoxy) is 1. The van der Waals surface area contributed by atoms with Crippen molar-refractivity contribution < 1.29 is 19.4 Å². The van der Waals surface area contributed by atoms with Gasteiger partial charge in [0.2, 0.25) is 5.13 Å². The van der Waals surface area contributed by atoms with Crippen LogP contribution < -0.4 is 9.64 Å². The number of ketones is 1. The second-order valence-electron chi connectivity index (χ2n) is 7.67. The van der Waals surface area contributed by atoms with Crippen LogP contribution in [0.4, 0.5) is 5.13 Å². The minimum atomic E-state index is -0.956. The number of aliphatic hydroxyl groups excluding tert-OH is 1. The molecule has 34 heavy (non-hydrogen) atoms. The third-order valence-corrected chi connectivity index (χ3v) is 6.90. The summed E-state index contributed by atoms with van der Waals surface area (Å²) in [5.74, 6) is -1.30. The maximum Gasteiger partial charge on any atom is 0.301 e. The highest BCUT2D eigenvalue weighted by Gasteiger charge is 2.48. The number of carbonyl (C=O) groups is 2. The second-order valence-corrected chi connectivity index (χ2v) is 9.65. The lowest BCUT2D eigenvalue weighted by molar-refractivity contribution is -0.132. The molecule has 2 aromatic carbocycles. The molecule has 176 valence electrons. The van der Waals surface area contributed by atoms with Gasteiger partial charge in [0.15, 0.2) is 0 Å². The largest absolute Gasteiger partial charge is 0.507 e. The minimum Gasteiger partial charge on any atom is -0.507 e. The number of Topliss-reactive ketones (excluding diaryl/α,β-unsaturated/α-hetero) is 1. The third kappa shape index (κ3) is 4.66. The number of aromatic nitrogens is 2. The van der Waals surface area contributed by atoms with Crippen LogP contribution in [0.15, 0.2) is 48.0 Å². The molecule has 1 fully saturated rings. The van der Waals surface area contributed by atoms with Crippen LogP contribution in [-0.4, -0.2) is 33.6 Å². The van der Waals surface area contributed by atoms with E-state index >= 15 is 0 Å². The molecule has 1 aliphatic rings. The van der Waals surface area contributed by atoms with Crippen LogP contribution in [0.2, 0.25) is 10.0 Å². The van der Waals surface area contributed by atoms with Crippen LogP contribution in [0.5, 0.6) is 5.75 Å². The molecule has 0 aliphatic carbocycles. The van der Waals surface area contributed by atoms with Gasteiger partial charge < -0.3 is 9.84 Å². The number of unbranched alkanes of at least 4 members (excludes halogenated alkanes) is 1. The lowest BCUT2D eigenvalue weighted by Crippen LogP contribution is -2.29. The molecule has 2 heterocycles. The van der Waals surface area contributed by atoms with Crippen molar-refractivity contribution in [1.82, 2.24) is 10.2 Å². The van der Waals surface area contributed by atoms with Crippen LogP contribution in [0, 0.1) is 6.92 Å². The molecule has 0 bridgehead atoms. The Bertz CT molecular complexity index is 1270. The van der Waals surface area contributed by atoms with E-state index in [4.69, 9.17) is 27.9 Å². The SMILES string of the molecule is CCCCOc1ccc(C(O)=C2C(=O)C(=O)N(c3nnc(C)s3)[C@H]2c2ccc(Cl)c(Cl)c2)cc1. The van der Waals surface area contributed by atoms with Crippen molar-refractivity contribution >= 4 is 57.1 Å². The number of nitrogens with zero attached hydrogens (tertiary/aromatic N) is 3. The first kappa shape index (κ1) is 24.2. The summed E-state index contributed by atoms with van der Waals surface area (Å²) in [7, 11) is 0. The Balaban J connectivity index is 1.81. The number of hydrogen-bond donors (Lipinski definition) is 1. The van der Waals surface area contributed by atoms with Crippen molar-refractivity contribution in [3.63, 3.8) is 0 Å². The molecule has 0 radical (unpaired) electrons. The van der Waals surface area contributed by atoms with E-state index in [9.17, 15) is 14.7 Å². The zero-order valence-electron chi connectivity index (χ0n) is 18.4. The average Bonchev–Trinajstić information content (AvgIpc) is 3.36. The summed E-state index contributed by atoms with van der Waals surface area (Å²) in [6, 6.07) is 10.6. The van der Waals surface area contributed by atoms with Crippen molar-refractivity contribution in [3.05, 3.63) is 74.2 Å². The Morgan fingerprint density at radius 3 is 2.47 bits per heavy atom. The fourth-order valence-electron chi connectivity index (χ4n) is 3.61. The van der Waals surface area contributed by atoms with Gasteiger partial charge in [-0.05, 0) is 55.3 Å². The molecule has 0 unspecified atom stereocenters. The molecular weight excluding hydrogens is 497 g/mol. The first-order valence-corrected chi connectivity index (χ1v) is 12.2. The van der Waals surface area contributed by atoms with Gasteiger partial charge in [0, 0.05) is 5.56 Å². The maximum absolute atomic E-state index is 13.2. The van der Waals surface area contributed by atoms with Gasteiger partial charge in [-0.3, -0.25) is 14.5 Å². The summed E-state index contributed by atoms with van der Waals surface area (Å²) in [5, 5.41) is 20.7. The molecule has 3 aromatic rings. The molecule has 7 nitrogen and oxygen atoms in total. The summed E-state index contributed by atoms with van der Waals surface area (Å²) in [6.45, 7) is 4.41. The summed E-state index contributed by atoms with van der Waals surface area (Å²) in [6.07, 6.45) is 1.95. The van der Waals surface area contributed by atoms with E-state index in [1.807, 2.05) is 0 Å². The Kier molecular flexibility index (Phi) is 7.21. The molecule has 1 atom stereocenters. The van der Waals surface area contributed by atoms with Gasteiger partial charge in [0.1, 0.15) is 16.5 Å². The molecule has 0 spiro atoms. The summed E-state index contributed by atoms with van der Waals surface area (Å²) >= 11 is 13.5. The van der Waals surface area contributed by atoms with E-state index in [0.717, 1.165) is 12.8 Å². The Hall–Kier alpha value is -2.94. The summed E-state index contributed by atoms with van der Waals surface area (Å²) in [5.41, 5.74) is 0.803. The van der Waals surface area contributed by atoms with E-state index < -0.39 is 17.7 Å². The number of aryl methyl sites for hydroxylation is 1. The number of anilines is 1. The van der Waals surface area contributed by atoms with E-state index in [0.29, 0.717) is 33.5 Å². The fraction of sp³-hybridized carbons (Fsp3) is 0.250. The first-order valence-electron chi connectivity index (χ1n) is 10.6. The molecule has 1 saturated heterocycles. The number of halogens is 2. The van der Waals surface area contributed by atoms with Crippen LogP contribution in [-0.2, 0) is 9.59 Å². The van der Waals surface area contributed by atoms with E-state index in [2.05, 4.69) is 17.1 Å². The van der Waals surface area contributed by atoms with Crippen molar-refractivity contribution in [1.29, 1.82) is 0 Å². The number of benzene rings is 2. The Morgan fingerprint density at radius 1 is 1.12 bits per heavy atom. The van der Waals surface area contributed by atoms with E-state index in [-0.39, 0.29) is 21.5 Å². The standard InChI is InChI=1S/C24H21Cl2N3O4S/c1-3-4-11-33-16-8-5-14(6-9-16)21(30)19-20(15-7-10-17(25)18(26)12-15)29(23(32)22(19)31)24-28-27-13(2)34-24/h5-10,12,20,30H,3-4,11H2,1-2H3/t20-/m0/s1. The quantitative estimate of drug-likeness (QED) is 0.180. The monoisotopic (exact) mass is 517 g/mol. The van der Waals surface area contributed by atoms with Crippen LogP contribution in [0.25, 0.3) is 5.76 Å². The van der Waals surface area contributed by atoms with Crippen molar-refractivity contribution in [2.45, 2.75) is 32.7 Å². The highest BCUT2D eigenvalue weighted by molar-refractivity contribution is 7.15. The predicted octanol–water partition coefficient (Wildman–Crippen LogP) is 5.96. The molecule has 4 rings (SSSR count). The number of aliphatic hydroxyl groups is 1. The molecular formula is C24H21Cl2N3O4S. The Morgan fingerprint density at radius 2 is 1.85 bits per heavy atom. The smallest absolute Gasteiger partial charge is 0.301 e. The molecule has 0 saturated carbocycles. The maximum atomic E-state index is 13.2. The van der Waals surface area contributed by atoms with Crippen molar-refractivity contribution in [2.75, 3.05) is 11.5 Å². The van der Waals surface area contributed by atoms with Gasteiger partial charge in [0.25, 0.3) is 5.78 Å². The van der Waals surface area contributed by atoms with Gasteiger partial charge in [-0.15, -0.1) is 10.2 Å². The second kappa shape index (κ2) is 10.1. The summed E-state index contributed by atoms with van der Waals surface area (Å²) in [4.78, 5) is 27.5.